The van der Waals surface area contributed by atoms with Crippen LogP contribution >= 0.6 is 0 Å². The normalized spacial score (nSPS) is 19.5. The molecule has 6 heteroatoms. The predicted molar refractivity (Wildman–Crippen MR) is 74.4 cm³/mol. The minimum atomic E-state index is -3.18. The van der Waals surface area contributed by atoms with E-state index in [2.05, 4.69) is 0 Å². The van der Waals surface area contributed by atoms with E-state index in [4.69, 9.17) is 5.11 Å². The summed E-state index contributed by atoms with van der Waals surface area (Å²) in [5.41, 5.74) is -0.237. The fourth-order valence-electron chi connectivity index (χ4n) is 2.44. The van der Waals surface area contributed by atoms with Gasteiger partial charge in [-0.15, -0.1) is 0 Å². The van der Waals surface area contributed by atoms with Crippen LogP contribution in [0.2, 0.25) is 0 Å². The van der Waals surface area contributed by atoms with Crippen molar-refractivity contribution in [3.8, 4) is 0 Å². The number of nitrogens with zero attached hydrogens (tertiary/aromatic N) is 1. The lowest BCUT2D eigenvalue weighted by molar-refractivity contribution is -0.137. The standard InChI is InChI=1S/C13H25NO4S/c1-13(2,3)10-19(17,18)14-8-6-11(7-9-14)4-5-12(15)16/h11H,4-10H2,1-3H3,(H,15,16). The number of carboxylic acids is 1. The highest BCUT2D eigenvalue weighted by Crippen LogP contribution is 2.26. The fraction of sp³-hybridized carbons (Fsp3) is 0.923. The molecule has 0 amide bonds. The quantitative estimate of drug-likeness (QED) is 0.840. The summed E-state index contributed by atoms with van der Waals surface area (Å²) in [5, 5.41) is 8.65. The third kappa shape index (κ3) is 5.91. The van der Waals surface area contributed by atoms with Gasteiger partial charge in [-0.3, -0.25) is 4.79 Å². The number of carbonyl (C=O) groups is 1. The molecule has 0 bridgehead atoms. The first-order valence-electron chi connectivity index (χ1n) is 6.80. The SMILES string of the molecule is CC(C)(C)CS(=O)(=O)N1CCC(CCC(=O)O)CC1. The highest BCUT2D eigenvalue weighted by atomic mass is 32.2. The minimum absolute atomic E-state index is 0.166. The van der Waals surface area contributed by atoms with Crippen LogP contribution in [0.25, 0.3) is 0 Å². The average molecular weight is 291 g/mol. The van der Waals surface area contributed by atoms with E-state index in [1.54, 1.807) is 4.31 Å². The molecule has 0 aromatic heterocycles. The number of hydrogen-bond acceptors (Lipinski definition) is 3. The molecule has 0 unspecified atom stereocenters. The molecule has 112 valence electrons. The molecular formula is C13H25NO4S. The summed E-state index contributed by atoms with van der Waals surface area (Å²) >= 11 is 0. The maximum absolute atomic E-state index is 12.2. The van der Waals surface area contributed by atoms with E-state index in [9.17, 15) is 13.2 Å². The largest absolute Gasteiger partial charge is 0.481 e. The molecule has 0 aromatic carbocycles. The van der Waals surface area contributed by atoms with Crippen LogP contribution in [-0.2, 0) is 14.8 Å². The molecule has 1 aliphatic rings. The van der Waals surface area contributed by atoms with Crippen LogP contribution in [0.5, 0.6) is 0 Å². The number of piperidine rings is 1. The summed E-state index contributed by atoms with van der Waals surface area (Å²) in [4.78, 5) is 10.5. The van der Waals surface area contributed by atoms with Crippen molar-refractivity contribution in [1.29, 1.82) is 0 Å². The van der Waals surface area contributed by atoms with Crippen LogP contribution in [0.1, 0.15) is 46.5 Å². The Morgan fingerprint density at radius 3 is 2.21 bits per heavy atom. The van der Waals surface area contributed by atoms with Crippen molar-refractivity contribution in [3.63, 3.8) is 0 Å². The lowest BCUT2D eigenvalue weighted by Crippen LogP contribution is -2.42. The van der Waals surface area contributed by atoms with E-state index in [0.717, 1.165) is 12.8 Å². The van der Waals surface area contributed by atoms with Crippen LogP contribution in [-0.4, -0.2) is 42.6 Å². The van der Waals surface area contributed by atoms with Gasteiger partial charge >= 0.3 is 5.97 Å². The minimum Gasteiger partial charge on any atom is -0.481 e. The predicted octanol–water partition coefficient (Wildman–Crippen LogP) is 1.94. The lowest BCUT2D eigenvalue weighted by atomic mass is 9.93. The second-order valence-corrected chi connectivity index (χ2v) is 8.56. The summed E-state index contributed by atoms with van der Waals surface area (Å²) < 4.78 is 26.0. The van der Waals surface area contributed by atoms with E-state index in [1.807, 2.05) is 20.8 Å². The third-order valence-electron chi connectivity index (χ3n) is 3.35. The van der Waals surface area contributed by atoms with Gasteiger partial charge in [-0.2, -0.15) is 0 Å². The topological polar surface area (TPSA) is 74.7 Å². The molecule has 1 rings (SSSR count). The Morgan fingerprint density at radius 1 is 1.26 bits per heavy atom. The van der Waals surface area contributed by atoms with Crippen LogP contribution in [0.4, 0.5) is 0 Å². The van der Waals surface area contributed by atoms with Crippen molar-refractivity contribution in [2.75, 3.05) is 18.8 Å². The van der Waals surface area contributed by atoms with Gasteiger partial charge in [0.2, 0.25) is 10.0 Å². The van der Waals surface area contributed by atoms with Gasteiger partial charge in [0.15, 0.2) is 0 Å². The molecule has 19 heavy (non-hydrogen) atoms. The summed E-state index contributed by atoms with van der Waals surface area (Å²) in [6.45, 7) is 6.82. The lowest BCUT2D eigenvalue weighted by Gasteiger charge is -2.33. The summed E-state index contributed by atoms with van der Waals surface area (Å²) in [6, 6.07) is 0. The Hall–Kier alpha value is -0.620. The molecule has 1 N–H and O–H groups in total. The molecule has 0 atom stereocenters. The van der Waals surface area contributed by atoms with Crippen molar-refractivity contribution < 1.29 is 18.3 Å². The summed E-state index contributed by atoms with van der Waals surface area (Å²) in [6.07, 6.45) is 2.38. The summed E-state index contributed by atoms with van der Waals surface area (Å²) in [7, 11) is -3.18. The first-order valence-corrected chi connectivity index (χ1v) is 8.41. The van der Waals surface area contributed by atoms with Crippen LogP contribution in [0.15, 0.2) is 0 Å². The number of sulfonamides is 1. The second kappa shape index (κ2) is 6.22. The average Bonchev–Trinajstić information content (AvgIpc) is 2.23. The molecule has 0 radical (unpaired) electrons. The highest BCUT2D eigenvalue weighted by Gasteiger charge is 2.31. The van der Waals surface area contributed by atoms with Gasteiger partial charge < -0.3 is 5.11 Å². The molecular weight excluding hydrogens is 266 g/mol. The maximum atomic E-state index is 12.2. The van der Waals surface area contributed by atoms with Crippen molar-refractivity contribution in [2.45, 2.75) is 46.5 Å². The van der Waals surface area contributed by atoms with Crippen molar-refractivity contribution in [3.05, 3.63) is 0 Å². The van der Waals surface area contributed by atoms with Gasteiger partial charge in [0.25, 0.3) is 0 Å². The Bertz CT molecular complexity index is 403. The first kappa shape index (κ1) is 16.4. The molecule has 1 aliphatic heterocycles. The number of rotatable bonds is 5. The second-order valence-electron chi connectivity index (χ2n) is 6.59. The zero-order chi connectivity index (χ0) is 14.7. The molecule has 0 aromatic rings. The zero-order valence-corrected chi connectivity index (χ0v) is 12.9. The van der Waals surface area contributed by atoms with Gasteiger partial charge in [0.05, 0.1) is 5.75 Å². The smallest absolute Gasteiger partial charge is 0.303 e. The van der Waals surface area contributed by atoms with Crippen molar-refractivity contribution >= 4 is 16.0 Å². The Morgan fingerprint density at radius 2 is 1.79 bits per heavy atom. The molecule has 5 nitrogen and oxygen atoms in total. The molecule has 0 aliphatic carbocycles. The summed E-state index contributed by atoms with van der Waals surface area (Å²) in [5.74, 6) is -0.264. The van der Waals surface area contributed by atoms with Gasteiger partial charge in [-0.25, -0.2) is 12.7 Å². The number of hydrogen-bond donors (Lipinski definition) is 1. The van der Waals surface area contributed by atoms with Gasteiger partial charge in [-0.05, 0) is 30.6 Å². The van der Waals surface area contributed by atoms with Gasteiger partial charge in [-0.1, -0.05) is 20.8 Å². The Balaban J connectivity index is 2.47. The van der Waals surface area contributed by atoms with Crippen molar-refractivity contribution in [2.24, 2.45) is 11.3 Å². The Kier molecular flexibility index (Phi) is 5.38. The number of aliphatic carboxylic acids is 1. The fourth-order valence-corrected chi connectivity index (χ4v) is 4.49. The molecule has 0 saturated carbocycles. The molecule has 0 spiro atoms. The Labute approximate surface area is 116 Å². The van der Waals surface area contributed by atoms with E-state index in [-0.39, 0.29) is 17.6 Å². The highest BCUT2D eigenvalue weighted by molar-refractivity contribution is 7.89. The van der Waals surface area contributed by atoms with Crippen LogP contribution < -0.4 is 0 Å². The van der Waals surface area contributed by atoms with E-state index in [1.165, 1.54) is 0 Å². The zero-order valence-electron chi connectivity index (χ0n) is 12.1. The number of carboxylic acid groups (broad SMARTS) is 1. The van der Waals surface area contributed by atoms with Crippen molar-refractivity contribution in [1.82, 2.24) is 4.31 Å². The van der Waals surface area contributed by atoms with Crippen LogP contribution in [0, 0.1) is 11.3 Å². The van der Waals surface area contributed by atoms with Gasteiger partial charge in [0, 0.05) is 19.5 Å². The monoisotopic (exact) mass is 291 g/mol. The van der Waals surface area contributed by atoms with Crippen LogP contribution in [0.3, 0.4) is 0 Å². The van der Waals surface area contributed by atoms with E-state index in [0.29, 0.717) is 25.4 Å². The van der Waals surface area contributed by atoms with E-state index >= 15 is 0 Å². The molecule has 1 heterocycles. The molecule has 1 fully saturated rings. The maximum Gasteiger partial charge on any atom is 0.303 e. The molecule has 1 saturated heterocycles. The van der Waals surface area contributed by atoms with E-state index < -0.39 is 16.0 Å². The third-order valence-corrected chi connectivity index (χ3v) is 5.73. The van der Waals surface area contributed by atoms with Gasteiger partial charge in [0.1, 0.15) is 0 Å². The first-order chi connectivity index (χ1) is 8.60.